The lowest BCUT2D eigenvalue weighted by Gasteiger charge is -2.05. The summed E-state index contributed by atoms with van der Waals surface area (Å²) in [6, 6.07) is 0. The summed E-state index contributed by atoms with van der Waals surface area (Å²) in [7, 11) is 0. The van der Waals surface area contributed by atoms with Crippen LogP contribution in [0.25, 0.3) is 0 Å². The Bertz CT molecular complexity index is 297. The van der Waals surface area contributed by atoms with E-state index in [1.807, 2.05) is 0 Å². The lowest BCUT2D eigenvalue weighted by atomic mass is 10.0. The van der Waals surface area contributed by atoms with Gasteiger partial charge in [0.1, 0.15) is 0 Å². The number of rotatable bonds is 22. The lowest BCUT2D eigenvalue weighted by Crippen LogP contribution is -2.27. The number of hydrogen-bond donors (Lipinski definition) is 2. The molecule has 0 saturated carbocycles. The lowest BCUT2D eigenvalue weighted by molar-refractivity contribution is -0.122. The van der Waals surface area contributed by atoms with E-state index in [4.69, 9.17) is 9.84 Å². The molecular weight excluding hydrogens is 338 g/mol. The molecule has 0 rings (SSSR count). The third-order valence-electron chi connectivity index (χ3n) is 5.05. The van der Waals surface area contributed by atoms with Gasteiger partial charge in [0.2, 0.25) is 5.91 Å². The van der Waals surface area contributed by atoms with Gasteiger partial charge in [-0.15, -0.1) is 0 Å². The van der Waals surface area contributed by atoms with Crippen molar-refractivity contribution in [3.8, 4) is 0 Å². The van der Waals surface area contributed by atoms with Crippen LogP contribution in [-0.2, 0) is 9.53 Å². The van der Waals surface area contributed by atoms with Gasteiger partial charge >= 0.3 is 0 Å². The van der Waals surface area contributed by atoms with E-state index in [2.05, 4.69) is 12.2 Å². The molecule has 0 spiro atoms. The molecule has 0 aliphatic carbocycles. The van der Waals surface area contributed by atoms with Gasteiger partial charge in [0.15, 0.2) is 0 Å². The predicted molar refractivity (Wildman–Crippen MR) is 115 cm³/mol. The van der Waals surface area contributed by atoms with Crippen LogP contribution >= 0.6 is 0 Å². The minimum absolute atomic E-state index is 0.00814. The molecule has 162 valence electrons. The fourth-order valence-electron chi connectivity index (χ4n) is 3.30. The van der Waals surface area contributed by atoms with Gasteiger partial charge in [-0.05, 0) is 6.42 Å². The number of aliphatic hydroxyl groups excluding tert-OH is 1. The van der Waals surface area contributed by atoms with Gasteiger partial charge in [-0.3, -0.25) is 4.79 Å². The van der Waals surface area contributed by atoms with Gasteiger partial charge in [-0.25, -0.2) is 0 Å². The van der Waals surface area contributed by atoms with Gasteiger partial charge in [0, 0.05) is 19.6 Å². The maximum Gasteiger partial charge on any atom is 0.222 e. The molecule has 0 aromatic carbocycles. The Hall–Kier alpha value is -0.610. The molecule has 0 radical (unpaired) electrons. The summed E-state index contributed by atoms with van der Waals surface area (Å²) in [6.07, 6.45) is 22.4. The zero-order chi connectivity index (χ0) is 19.8. The van der Waals surface area contributed by atoms with Crippen LogP contribution in [0, 0.1) is 0 Å². The zero-order valence-corrected chi connectivity index (χ0v) is 18.1. The van der Waals surface area contributed by atoms with Crippen molar-refractivity contribution >= 4 is 5.91 Å². The van der Waals surface area contributed by atoms with Crippen molar-refractivity contribution in [2.75, 3.05) is 26.4 Å². The first kappa shape index (κ1) is 26.4. The number of unbranched alkanes of at least 4 members (excludes halogenated alkanes) is 15. The fraction of sp³-hybridized carbons (Fsp3) is 0.957. The van der Waals surface area contributed by atoms with Gasteiger partial charge < -0.3 is 15.2 Å². The van der Waals surface area contributed by atoms with Crippen LogP contribution in [-0.4, -0.2) is 37.4 Å². The molecule has 0 aromatic heterocycles. The predicted octanol–water partition coefficient (Wildman–Crippen LogP) is 5.76. The molecule has 1 amide bonds. The molecule has 0 atom stereocenters. The number of ether oxygens (including phenoxy) is 1. The number of carbonyl (C=O) groups excluding carboxylic acids is 1. The van der Waals surface area contributed by atoms with Gasteiger partial charge in [-0.2, -0.15) is 0 Å². The van der Waals surface area contributed by atoms with Crippen molar-refractivity contribution in [3.05, 3.63) is 0 Å². The summed E-state index contributed by atoms with van der Waals surface area (Å²) in [5, 5.41) is 11.2. The second-order valence-electron chi connectivity index (χ2n) is 7.74. The average Bonchev–Trinajstić information content (AvgIpc) is 2.68. The number of carbonyl (C=O) groups is 1. The van der Waals surface area contributed by atoms with Gasteiger partial charge in [-0.1, -0.05) is 103 Å². The second kappa shape index (κ2) is 23.4. The topological polar surface area (TPSA) is 58.6 Å². The van der Waals surface area contributed by atoms with E-state index in [0.717, 1.165) is 13.0 Å². The van der Waals surface area contributed by atoms with Crippen LogP contribution in [0.2, 0.25) is 0 Å². The minimum atomic E-state index is -0.0453. The van der Waals surface area contributed by atoms with E-state index in [1.54, 1.807) is 0 Å². The van der Waals surface area contributed by atoms with E-state index < -0.39 is 0 Å². The quantitative estimate of drug-likeness (QED) is 0.233. The minimum Gasteiger partial charge on any atom is -0.395 e. The van der Waals surface area contributed by atoms with Crippen LogP contribution in [0.1, 0.15) is 116 Å². The normalized spacial score (nSPS) is 11.0. The SMILES string of the molecule is CCCCCCCCCCCCCCCCCCOCCC(=O)NCCO. The summed E-state index contributed by atoms with van der Waals surface area (Å²) < 4.78 is 5.48. The van der Waals surface area contributed by atoms with Crippen molar-refractivity contribution in [2.45, 2.75) is 116 Å². The summed E-state index contributed by atoms with van der Waals surface area (Å²) in [4.78, 5) is 11.3. The Morgan fingerprint density at radius 2 is 1.15 bits per heavy atom. The fourth-order valence-corrected chi connectivity index (χ4v) is 3.30. The summed E-state index contributed by atoms with van der Waals surface area (Å²) in [5.74, 6) is -0.0453. The molecule has 0 aliphatic rings. The molecule has 0 heterocycles. The van der Waals surface area contributed by atoms with Crippen molar-refractivity contribution in [2.24, 2.45) is 0 Å². The summed E-state index contributed by atoms with van der Waals surface area (Å²) in [6.45, 7) is 3.84. The van der Waals surface area contributed by atoms with Crippen molar-refractivity contribution in [3.63, 3.8) is 0 Å². The van der Waals surface area contributed by atoms with Crippen molar-refractivity contribution in [1.29, 1.82) is 0 Å². The standard InChI is InChI=1S/C23H47NO3/c1-2-3-4-5-6-7-8-9-10-11-12-13-14-15-16-17-21-27-22-18-23(26)24-19-20-25/h25H,2-22H2,1H3,(H,24,26). The first-order valence-corrected chi connectivity index (χ1v) is 11.8. The van der Waals surface area contributed by atoms with Crippen LogP contribution in [0.5, 0.6) is 0 Å². The monoisotopic (exact) mass is 385 g/mol. The van der Waals surface area contributed by atoms with E-state index in [0.29, 0.717) is 19.6 Å². The number of hydrogen-bond acceptors (Lipinski definition) is 3. The molecule has 0 saturated heterocycles. The zero-order valence-electron chi connectivity index (χ0n) is 18.1. The van der Waals surface area contributed by atoms with Crippen molar-refractivity contribution in [1.82, 2.24) is 5.32 Å². The molecular formula is C23H47NO3. The highest BCUT2D eigenvalue weighted by Crippen LogP contribution is 2.13. The van der Waals surface area contributed by atoms with Crippen LogP contribution < -0.4 is 5.32 Å². The Balaban J connectivity index is 3.04. The number of amides is 1. The van der Waals surface area contributed by atoms with Crippen LogP contribution in [0.4, 0.5) is 0 Å². The van der Waals surface area contributed by atoms with Crippen molar-refractivity contribution < 1.29 is 14.6 Å². The maximum atomic E-state index is 11.3. The molecule has 4 nitrogen and oxygen atoms in total. The highest BCUT2D eigenvalue weighted by Gasteiger charge is 1.99. The van der Waals surface area contributed by atoms with Gasteiger partial charge in [0.25, 0.3) is 0 Å². The largest absolute Gasteiger partial charge is 0.395 e. The molecule has 4 heteroatoms. The molecule has 0 fully saturated rings. The first-order valence-electron chi connectivity index (χ1n) is 11.8. The second-order valence-corrected chi connectivity index (χ2v) is 7.74. The summed E-state index contributed by atoms with van der Waals surface area (Å²) >= 11 is 0. The highest BCUT2D eigenvalue weighted by atomic mass is 16.5. The van der Waals surface area contributed by atoms with E-state index >= 15 is 0 Å². The third kappa shape index (κ3) is 23.4. The molecule has 27 heavy (non-hydrogen) atoms. The Morgan fingerprint density at radius 3 is 1.59 bits per heavy atom. The van der Waals surface area contributed by atoms with E-state index in [1.165, 1.54) is 96.3 Å². The van der Waals surface area contributed by atoms with E-state index in [9.17, 15) is 4.79 Å². The molecule has 0 aliphatic heterocycles. The summed E-state index contributed by atoms with van der Waals surface area (Å²) in [5.41, 5.74) is 0. The van der Waals surface area contributed by atoms with Crippen LogP contribution in [0.15, 0.2) is 0 Å². The Kier molecular flexibility index (Phi) is 22.9. The first-order chi connectivity index (χ1) is 13.3. The number of nitrogens with one attached hydrogen (secondary N) is 1. The average molecular weight is 386 g/mol. The van der Waals surface area contributed by atoms with Gasteiger partial charge in [0.05, 0.1) is 13.2 Å². The smallest absolute Gasteiger partial charge is 0.222 e. The number of aliphatic hydroxyl groups is 1. The molecule has 0 bridgehead atoms. The molecule has 0 aromatic rings. The maximum absolute atomic E-state index is 11.3. The van der Waals surface area contributed by atoms with Crippen LogP contribution in [0.3, 0.4) is 0 Å². The molecule has 0 unspecified atom stereocenters. The highest BCUT2D eigenvalue weighted by molar-refractivity contribution is 5.75. The van der Waals surface area contributed by atoms with E-state index in [-0.39, 0.29) is 12.5 Å². The third-order valence-corrected chi connectivity index (χ3v) is 5.05. The Labute approximate surface area is 168 Å². The Morgan fingerprint density at radius 1 is 0.704 bits per heavy atom. The molecule has 2 N–H and O–H groups in total.